The summed E-state index contributed by atoms with van der Waals surface area (Å²) in [4.78, 5) is 0. The molecule has 0 aliphatic carbocycles. The molecule has 0 aromatic heterocycles. The first-order valence-corrected chi connectivity index (χ1v) is 9.62. The maximum atomic E-state index is 5.60. The Bertz CT molecular complexity index is 312. The van der Waals surface area contributed by atoms with Crippen molar-refractivity contribution in [2.75, 3.05) is 0 Å². The van der Waals surface area contributed by atoms with Crippen molar-refractivity contribution in [3.05, 3.63) is 34.3 Å². The zero-order valence-corrected chi connectivity index (χ0v) is 14.6. The van der Waals surface area contributed by atoms with Crippen LogP contribution in [-0.4, -0.2) is 9.04 Å². The van der Waals surface area contributed by atoms with Crippen molar-refractivity contribution < 1.29 is 4.43 Å². The Kier molecular flexibility index (Phi) is 8.00. The minimum absolute atomic E-state index is 0.500. The normalized spacial score (nSPS) is 11.1. The van der Waals surface area contributed by atoms with Gasteiger partial charge in [0.1, 0.15) is 0 Å². The summed E-state index contributed by atoms with van der Waals surface area (Å²) in [5.74, 6) is 0. The van der Waals surface area contributed by atoms with Crippen LogP contribution in [0.1, 0.15) is 33.3 Å². The predicted molar refractivity (Wildman–Crippen MR) is 82.9 cm³/mol. The largest absolute Gasteiger partial charge is 0.416 e. The van der Waals surface area contributed by atoms with Gasteiger partial charge in [0.15, 0.2) is 9.04 Å². The lowest BCUT2D eigenvalue weighted by molar-refractivity contribution is 0.314. The van der Waals surface area contributed by atoms with E-state index >= 15 is 0 Å². The molecule has 1 aromatic carbocycles. The monoisotopic (exact) mass is 316 g/mol. The van der Waals surface area contributed by atoms with Crippen molar-refractivity contribution in [1.29, 1.82) is 0 Å². The average Bonchev–Trinajstić information content (AvgIpc) is 2.12. The maximum Gasteiger partial charge on any atom is 0.171 e. The van der Waals surface area contributed by atoms with Crippen molar-refractivity contribution in [2.24, 2.45) is 5.41 Å². The molecule has 1 nitrogen and oxygen atoms in total. The van der Waals surface area contributed by atoms with Crippen LogP contribution in [0.25, 0.3) is 0 Å². The molecule has 0 spiro atoms. The summed E-state index contributed by atoms with van der Waals surface area (Å²) in [6.45, 7) is 13.9. The predicted octanol–water partition coefficient (Wildman–Crippen LogP) is 5.00. The van der Waals surface area contributed by atoms with E-state index in [1.807, 2.05) is 12.1 Å². The molecule has 0 aliphatic heterocycles. The topological polar surface area (TPSA) is 9.23 Å². The smallest absolute Gasteiger partial charge is 0.171 e. The first-order valence-electron chi connectivity index (χ1n) is 6.04. The van der Waals surface area contributed by atoms with Crippen LogP contribution in [0.3, 0.4) is 0 Å². The van der Waals surface area contributed by atoms with Crippen molar-refractivity contribution >= 4 is 25.0 Å². The lowest BCUT2D eigenvalue weighted by Crippen LogP contribution is -2.06. The van der Waals surface area contributed by atoms with Crippen LogP contribution in [0, 0.1) is 5.41 Å². The summed E-state index contributed by atoms with van der Waals surface area (Å²) >= 11 is 3.42. The highest BCUT2D eigenvalue weighted by Gasteiger charge is 1.97. The highest BCUT2D eigenvalue weighted by atomic mass is 79.9. The van der Waals surface area contributed by atoms with Gasteiger partial charge in [0.05, 0.1) is 6.61 Å². The molecule has 0 fully saturated rings. The second kappa shape index (κ2) is 8.06. The molecule has 1 aromatic rings. The molecule has 0 saturated heterocycles. The van der Waals surface area contributed by atoms with Crippen LogP contribution in [0.15, 0.2) is 28.7 Å². The molecule has 17 heavy (non-hydrogen) atoms. The maximum absolute atomic E-state index is 5.60. The summed E-state index contributed by atoms with van der Waals surface area (Å²) < 4.78 is 6.72. The molecule has 0 saturated carbocycles. The standard InChI is InChI=1S/C9H13BrOSi.C5H12/c1-12(2)11-7-8-4-3-5-9(10)6-8;1-5(2,3)4/h3-6,12H,7H2,1-2H3;1-4H3. The minimum Gasteiger partial charge on any atom is -0.416 e. The van der Waals surface area contributed by atoms with E-state index in [-0.39, 0.29) is 0 Å². The van der Waals surface area contributed by atoms with Gasteiger partial charge in [-0.1, -0.05) is 55.8 Å². The van der Waals surface area contributed by atoms with Crippen molar-refractivity contribution in [3.63, 3.8) is 0 Å². The lowest BCUT2D eigenvalue weighted by Gasteiger charge is -2.06. The molecular formula is C14H25BrOSi. The van der Waals surface area contributed by atoms with Crippen molar-refractivity contribution in [1.82, 2.24) is 0 Å². The third-order valence-electron chi connectivity index (χ3n) is 1.47. The summed E-state index contributed by atoms with van der Waals surface area (Å²) in [6, 6.07) is 8.24. The van der Waals surface area contributed by atoms with Gasteiger partial charge in [0.2, 0.25) is 0 Å². The molecule has 0 radical (unpaired) electrons. The Morgan fingerprint density at radius 2 is 1.71 bits per heavy atom. The molecule has 0 heterocycles. The van der Waals surface area contributed by atoms with Gasteiger partial charge in [-0.05, 0) is 36.2 Å². The van der Waals surface area contributed by atoms with Gasteiger partial charge >= 0.3 is 0 Å². The fraction of sp³-hybridized carbons (Fsp3) is 0.571. The number of hydrogen-bond acceptors (Lipinski definition) is 1. The third kappa shape index (κ3) is 13.8. The van der Waals surface area contributed by atoms with Crippen LogP contribution < -0.4 is 0 Å². The van der Waals surface area contributed by atoms with Crippen molar-refractivity contribution in [3.8, 4) is 0 Å². The number of hydrogen-bond donors (Lipinski definition) is 0. The average molecular weight is 317 g/mol. The number of rotatable bonds is 3. The van der Waals surface area contributed by atoms with Crippen LogP contribution in [0.5, 0.6) is 0 Å². The second-order valence-corrected chi connectivity index (χ2v) is 9.34. The Hall–Kier alpha value is -0.123. The SMILES string of the molecule is CC(C)(C)C.C[SiH](C)OCc1cccc(Br)c1. The van der Waals surface area contributed by atoms with E-state index in [0.29, 0.717) is 5.41 Å². The number of halogens is 1. The van der Waals surface area contributed by atoms with Crippen LogP contribution in [-0.2, 0) is 11.0 Å². The molecule has 3 heteroatoms. The van der Waals surface area contributed by atoms with Crippen LogP contribution >= 0.6 is 15.9 Å². The van der Waals surface area contributed by atoms with Gasteiger partial charge in [-0.2, -0.15) is 0 Å². The summed E-state index contributed by atoms with van der Waals surface area (Å²) in [5.41, 5.74) is 1.74. The summed E-state index contributed by atoms with van der Waals surface area (Å²) in [7, 11) is -0.871. The van der Waals surface area contributed by atoms with Crippen molar-refractivity contribution in [2.45, 2.75) is 47.4 Å². The van der Waals surface area contributed by atoms with Crippen LogP contribution in [0.4, 0.5) is 0 Å². The van der Waals surface area contributed by atoms with Gasteiger partial charge in [-0.3, -0.25) is 0 Å². The van der Waals surface area contributed by atoms with E-state index < -0.39 is 9.04 Å². The molecule has 0 atom stereocenters. The van der Waals surface area contributed by atoms with E-state index in [0.717, 1.165) is 11.1 Å². The molecule has 0 bridgehead atoms. The molecule has 0 unspecified atom stereocenters. The fourth-order valence-electron chi connectivity index (χ4n) is 0.890. The molecule has 0 amide bonds. The summed E-state index contributed by atoms with van der Waals surface area (Å²) in [5, 5.41) is 0. The second-order valence-electron chi connectivity index (χ2n) is 5.99. The molecule has 0 aliphatic rings. The van der Waals surface area contributed by atoms with Gasteiger partial charge in [-0.25, -0.2) is 0 Å². The van der Waals surface area contributed by atoms with E-state index in [1.165, 1.54) is 5.56 Å². The lowest BCUT2D eigenvalue weighted by atomic mass is 10.0. The Balaban J connectivity index is 0.000000437. The molecular weight excluding hydrogens is 292 g/mol. The minimum atomic E-state index is -0.871. The Labute approximate surface area is 116 Å². The fourth-order valence-corrected chi connectivity index (χ4v) is 1.86. The van der Waals surface area contributed by atoms with E-state index in [9.17, 15) is 0 Å². The first kappa shape index (κ1) is 16.9. The van der Waals surface area contributed by atoms with Gasteiger partial charge in [-0.15, -0.1) is 0 Å². The zero-order chi connectivity index (χ0) is 13.5. The Morgan fingerprint density at radius 3 is 2.12 bits per heavy atom. The van der Waals surface area contributed by atoms with Crippen LogP contribution in [0.2, 0.25) is 13.1 Å². The quantitative estimate of drug-likeness (QED) is 0.713. The first-order chi connectivity index (χ1) is 7.68. The van der Waals surface area contributed by atoms with E-state index in [1.54, 1.807) is 0 Å². The highest BCUT2D eigenvalue weighted by molar-refractivity contribution is 9.10. The van der Waals surface area contributed by atoms with Gasteiger partial charge in [0, 0.05) is 4.47 Å². The summed E-state index contributed by atoms with van der Waals surface area (Å²) in [6.07, 6.45) is 0. The van der Waals surface area contributed by atoms with Gasteiger partial charge < -0.3 is 4.43 Å². The molecule has 0 N–H and O–H groups in total. The third-order valence-corrected chi connectivity index (χ3v) is 2.80. The Morgan fingerprint density at radius 1 is 1.18 bits per heavy atom. The molecule has 98 valence electrons. The van der Waals surface area contributed by atoms with E-state index in [4.69, 9.17) is 4.43 Å². The number of benzene rings is 1. The molecule has 1 rings (SSSR count). The highest BCUT2D eigenvalue weighted by Crippen LogP contribution is 2.12. The van der Waals surface area contributed by atoms with E-state index in [2.05, 4.69) is 68.9 Å². The zero-order valence-electron chi connectivity index (χ0n) is 11.9. The van der Waals surface area contributed by atoms with Gasteiger partial charge in [0.25, 0.3) is 0 Å².